The molecule has 1 aliphatic rings. The predicted octanol–water partition coefficient (Wildman–Crippen LogP) is 3.11. The van der Waals surface area contributed by atoms with Crippen LogP contribution < -0.4 is 4.90 Å². The quantitative estimate of drug-likeness (QED) is 0.812. The Hall–Kier alpha value is -2.07. The Morgan fingerprint density at radius 1 is 0.900 bits per heavy atom. The summed E-state index contributed by atoms with van der Waals surface area (Å²) in [5, 5.41) is -0.329. The number of carbonyl (C=O) groups excluding carboxylic acids is 2. The minimum Gasteiger partial charge on any atom is -0.274 e. The number of carbonyl (C=O) groups is 2. The van der Waals surface area contributed by atoms with Gasteiger partial charge in [0.15, 0.2) is 0 Å². The molecule has 1 atom stereocenters. The molecule has 4 heteroatoms. The summed E-state index contributed by atoms with van der Waals surface area (Å²) in [7, 11) is 0. The first-order valence-corrected chi connectivity index (χ1v) is 7.27. The summed E-state index contributed by atoms with van der Waals surface area (Å²) in [4.78, 5) is 26.8. The normalized spacial score (nSPS) is 18.6. The summed E-state index contributed by atoms with van der Waals surface area (Å²) < 4.78 is 0. The van der Waals surface area contributed by atoms with Crippen molar-refractivity contribution in [2.45, 2.75) is 16.6 Å². The van der Waals surface area contributed by atoms with E-state index in [-0.39, 0.29) is 23.5 Å². The van der Waals surface area contributed by atoms with Crippen molar-refractivity contribution in [2.24, 2.45) is 0 Å². The van der Waals surface area contributed by atoms with Crippen molar-refractivity contribution in [1.29, 1.82) is 0 Å². The van der Waals surface area contributed by atoms with Gasteiger partial charge in [-0.25, -0.2) is 4.90 Å². The van der Waals surface area contributed by atoms with Gasteiger partial charge in [0.05, 0.1) is 10.9 Å². The third-order valence-electron chi connectivity index (χ3n) is 3.14. The molecule has 3 nitrogen and oxygen atoms in total. The lowest BCUT2D eigenvalue weighted by atomic mass is 10.3. The van der Waals surface area contributed by atoms with Gasteiger partial charge in [0, 0.05) is 11.3 Å². The molecule has 0 aliphatic carbocycles. The van der Waals surface area contributed by atoms with Gasteiger partial charge in [-0.15, -0.1) is 11.8 Å². The van der Waals surface area contributed by atoms with Crippen LogP contribution in [0.4, 0.5) is 5.69 Å². The third-order valence-corrected chi connectivity index (χ3v) is 4.34. The van der Waals surface area contributed by atoms with E-state index in [9.17, 15) is 9.59 Å². The monoisotopic (exact) mass is 283 g/mol. The molecular formula is C16H13NO2S. The first-order valence-electron chi connectivity index (χ1n) is 6.39. The number of thioether (sulfide) groups is 1. The minimum atomic E-state index is -0.329. The standard InChI is InChI=1S/C16H13NO2S/c18-15-11-14(20-13-9-5-2-6-10-13)16(19)17(15)12-7-3-1-4-8-12/h1-10,14H,11H2. The zero-order chi connectivity index (χ0) is 13.9. The second-order valence-corrected chi connectivity index (χ2v) is 5.80. The molecule has 100 valence electrons. The van der Waals surface area contributed by atoms with Gasteiger partial charge >= 0.3 is 0 Å². The van der Waals surface area contributed by atoms with Crippen LogP contribution in [0.3, 0.4) is 0 Å². The molecule has 2 amide bonds. The van der Waals surface area contributed by atoms with Crippen molar-refractivity contribution >= 4 is 29.3 Å². The third kappa shape index (κ3) is 2.47. The molecule has 1 heterocycles. The first kappa shape index (κ1) is 12.9. The van der Waals surface area contributed by atoms with Crippen LogP contribution in [0.2, 0.25) is 0 Å². The zero-order valence-corrected chi connectivity index (χ0v) is 11.5. The maximum Gasteiger partial charge on any atom is 0.247 e. The number of benzene rings is 2. The van der Waals surface area contributed by atoms with Crippen LogP contribution in [0.1, 0.15) is 6.42 Å². The lowest BCUT2D eigenvalue weighted by Crippen LogP contribution is -2.30. The summed E-state index contributed by atoms with van der Waals surface area (Å²) in [6.07, 6.45) is 0.257. The highest BCUT2D eigenvalue weighted by atomic mass is 32.2. The number of imide groups is 1. The van der Waals surface area contributed by atoms with E-state index in [1.54, 1.807) is 12.1 Å². The number of rotatable bonds is 3. The fourth-order valence-corrected chi connectivity index (χ4v) is 3.28. The van der Waals surface area contributed by atoms with Crippen molar-refractivity contribution < 1.29 is 9.59 Å². The molecule has 0 radical (unpaired) electrons. The van der Waals surface area contributed by atoms with Gasteiger partial charge in [0.1, 0.15) is 0 Å². The Morgan fingerprint density at radius 3 is 2.15 bits per heavy atom. The van der Waals surface area contributed by atoms with Crippen LogP contribution >= 0.6 is 11.8 Å². The number of anilines is 1. The van der Waals surface area contributed by atoms with Crippen LogP contribution in [0.15, 0.2) is 65.6 Å². The number of hydrogen-bond acceptors (Lipinski definition) is 3. The number of para-hydroxylation sites is 1. The van der Waals surface area contributed by atoms with E-state index >= 15 is 0 Å². The van der Waals surface area contributed by atoms with Gasteiger partial charge in [0.2, 0.25) is 11.8 Å². The molecule has 0 aromatic heterocycles. The molecule has 0 saturated carbocycles. The fourth-order valence-electron chi connectivity index (χ4n) is 2.21. The Bertz CT molecular complexity index is 627. The lowest BCUT2D eigenvalue weighted by molar-refractivity contribution is -0.121. The van der Waals surface area contributed by atoms with Gasteiger partial charge in [-0.3, -0.25) is 9.59 Å². The van der Waals surface area contributed by atoms with Gasteiger partial charge in [-0.1, -0.05) is 36.4 Å². The summed E-state index contributed by atoms with van der Waals surface area (Å²) >= 11 is 1.45. The van der Waals surface area contributed by atoms with Gasteiger partial charge < -0.3 is 0 Å². The Morgan fingerprint density at radius 2 is 1.50 bits per heavy atom. The average Bonchev–Trinajstić information content (AvgIpc) is 2.75. The molecule has 2 aromatic rings. The van der Waals surface area contributed by atoms with E-state index in [0.29, 0.717) is 5.69 Å². The van der Waals surface area contributed by atoms with Crippen molar-refractivity contribution in [2.75, 3.05) is 4.90 Å². The van der Waals surface area contributed by atoms with E-state index < -0.39 is 0 Å². The Labute approximate surface area is 121 Å². The first-order chi connectivity index (χ1) is 9.75. The second kappa shape index (κ2) is 5.51. The van der Waals surface area contributed by atoms with Crippen LogP contribution in [0.5, 0.6) is 0 Å². The van der Waals surface area contributed by atoms with Gasteiger partial charge in [-0.2, -0.15) is 0 Å². The molecule has 20 heavy (non-hydrogen) atoms. The molecule has 1 fully saturated rings. The molecular weight excluding hydrogens is 270 g/mol. The lowest BCUT2D eigenvalue weighted by Gasteiger charge is -2.14. The number of amides is 2. The van der Waals surface area contributed by atoms with E-state index in [0.717, 1.165) is 4.90 Å². The van der Waals surface area contributed by atoms with Crippen molar-refractivity contribution in [3.8, 4) is 0 Å². The predicted molar refractivity (Wildman–Crippen MR) is 79.6 cm³/mol. The fraction of sp³-hybridized carbons (Fsp3) is 0.125. The summed E-state index contributed by atoms with van der Waals surface area (Å²) in [5.74, 6) is -0.260. The largest absolute Gasteiger partial charge is 0.274 e. The second-order valence-electron chi connectivity index (χ2n) is 4.53. The van der Waals surface area contributed by atoms with Gasteiger partial charge in [0.25, 0.3) is 0 Å². The topological polar surface area (TPSA) is 37.4 Å². The van der Waals surface area contributed by atoms with Crippen LogP contribution in [0.25, 0.3) is 0 Å². The van der Waals surface area contributed by atoms with Crippen LogP contribution in [-0.4, -0.2) is 17.1 Å². The summed E-state index contributed by atoms with van der Waals surface area (Å²) in [6, 6.07) is 18.8. The van der Waals surface area contributed by atoms with E-state index in [1.807, 2.05) is 48.5 Å². The van der Waals surface area contributed by atoms with Crippen LogP contribution in [0, 0.1) is 0 Å². The molecule has 0 spiro atoms. The number of hydrogen-bond donors (Lipinski definition) is 0. The Balaban J connectivity index is 1.81. The van der Waals surface area contributed by atoms with E-state index in [2.05, 4.69) is 0 Å². The SMILES string of the molecule is O=C1CC(Sc2ccccc2)C(=O)N1c1ccccc1. The molecule has 3 rings (SSSR count). The number of nitrogens with zero attached hydrogens (tertiary/aromatic N) is 1. The molecule has 0 bridgehead atoms. The smallest absolute Gasteiger partial charge is 0.247 e. The highest BCUT2D eigenvalue weighted by molar-refractivity contribution is 8.00. The van der Waals surface area contributed by atoms with Gasteiger partial charge in [-0.05, 0) is 24.3 Å². The molecule has 1 aliphatic heterocycles. The minimum absolute atomic E-state index is 0.130. The molecule has 1 unspecified atom stereocenters. The van der Waals surface area contributed by atoms with Crippen molar-refractivity contribution in [3.63, 3.8) is 0 Å². The van der Waals surface area contributed by atoms with E-state index in [1.165, 1.54) is 16.7 Å². The average molecular weight is 283 g/mol. The van der Waals surface area contributed by atoms with Crippen molar-refractivity contribution in [3.05, 3.63) is 60.7 Å². The summed E-state index contributed by atoms with van der Waals surface area (Å²) in [6.45, 7) is 0. The zero-order valence-electron chi connectivity index (χ0n) is 10.7. The maximum atomic E-state index is 12.4. The van der Waals surface area contributed by atoms with Crippen molar-refractivity contribution in [1.82, 2.24) is 0 Å². The maximum absolute atomic E-state index is 12.4. The molecule has 2 aromatic carbocycles. The highest BCUT2D eigenvalue weighted by Crippen LogP contribution is 2.33. The van der Waals surface area contributed by atoms with E-state index in [4.69, 9.17) is 0 Å². The molecule has 0 N–H and O–H groups in total. The Kier molecular flexibility index (Phi) is 3.56. The molecule has 1 saturated heterocycles. The highest BCUT2D eigenvalue weighted by Gasteiger charge is 2.39. The van der Waals surface area contributed by atoms with Crippen LogP contribution in [-0.2, 0) is 9.59 Å². The summed E-state index contributed by atoms with van der Waals surface area (Å²) in [5.41, 5.74) is 0.652.